The van der Waals surface area contributed by atoms with E-state index in [-0.39, 0.29) is 0 Å². The van der Waals surface area contributed by atoms with Gasteiger partial charge in [-0.2, -0.15) is 0 Å². The summed E-state index contributed by atoms with van der Waals surface area (Å²) in [7, 11) is 0. The van der Waals surface area contributed by atoms with Crippen molar-refractivity contribution < 1.29 is 0 Å². The first kappa shape index (κ1) is 11.3. The zero-order chi connectivity index (χ0) is 11.5. The molecule has 0 aliphatic carbocycles. The molecule has 1 heterocycles. The smallest absolute Gasteiger partial charge is 0.124 e. The van der Waals surface area contributed by atoms with Gasteiger partial charge in [0.1, 0.15) is 5.01 Å². The van der Waals surface area contributed by atoms with Crippen LogP contribution in [0.2, 0.25) is 0 Å². The third kappa shape index (κ3) is 2.15. The van der Waals surface area contributed by atoms with Gasteiger partial charge in [-0.05, 0) is 26.0 Å². The Morgan fingerprint density at radius 1 is 1.25 bits per heavy atom. The molecule has 1 aromatic carbocycles. The maximum atomic E-state index is 5.57. The number of hydrogen-bond donors (Lipinski definition) is 1. The molecular formula is C13H16N2S. The molecule has 0 radical (unpaired) electrons. The predicted octanol–water partition coefficient (Wildman–Crippen LogP) is 2.93. The van der Waals surface area contributed by atoms with Crippen LogP contribution in [0.1, 0.15) is 16.1 Å². The van der Waals surface area contributed by atoms with Crippen LogP contribution in [-0.2, 0) is 6.42 Å². The fourth-order valence-corrected chi connectivity index (χ4v) is 2.78. The Balaban J connectivity index is 2.42. The van der Waals surface area contributed by atoms with Crippen LogP contribution in [0.25, 0.3) is 10.6 Å². The van der Waals surface area contributed by atoms with Crippen molar-refractivity contribution in [1.29, 1.82) is 0 Å². The normalized spacial score (nSPS) is 10.7. The maximum absolute atomic E-state index is 5.57. The Morgan fingerprint density at radius 3 is 2.69 bits per heavy atom. The summed E-state index contributed by atoms with van der Waals surface area (Å²) in [6.45, 7) is 4.90. The number of thiazole rings is 1. The zero-order valence-electron chi connectivity index (χ0n) is 9.66. The average Bonchev–Trinajstić information content (AvgIpc) is 2.61. The molecule has 0 saturated carbocycles. The van der Waals surface area contributed by atoms with Gasteiger partial charge >= 0.3 is 0 Å². The topological polar surface area (TPSA) is 38.9 Å². The average molecular weight is 232 g/mol. The van der Waals surface area contributed by atoms with Crippen LogP contribution in [0.15, 0.2) is 24.3 Å². The highest BCUT2D eigenvalue weighted by molar-refractivity contribution is 7.15. The second kappa shape index (κ2) is 4.76. The molecular weight excluding hydrogens is 216 g/mol. The van der Waals surface area contributed by atoms with Gasteiger partial charge in [0.25, 0.3) is 0 Å². The number of aromatic nitrogens is 1. The predicted molar refractivity (Wildman–Crippen MR) is 69.8 cm³/mol. The van der Waals surface area contributed by atoms with Crippen LogP contribution < -0.4 is 5.73 Å². The number of aryl methyl sites for hydroxylation is 2. The van der Waals surface area contributed by atoms with Crippen LogP contribution in [-0.4, -0.2) is 11.5 Å². The first-order valence-electron chi connectivity index (χ1n) is 5.44. The van der Waals surface area contributed by atoms with E-state index in [1.807, 2.05) is 0 Å². The summed E-state index contributed by atoms with van der Waals surface area (Å²) in [5.41, 5.74) is 9.22. The van der Waals surface area contributed by atoms with Gasteiger partial charge in [0.05, 0.1) is 5.69 Å². The highest BCUT2D eigenvalue weighted by Gasteiger charge is 2.09. The molecule has 2 N–H and O–H groups in total. The molecule has 0 saturated heterocycles. The van der Waals surface area contributed by atoms with E-state index in [0.717, 1.165) is 17.1 Å². The number of hydrogen-bond acceptors (Lipinski definition) is 3. The van der Waals surface area contributed by atoms with Crippen molar-refractivity contribution in [3.05, 3.63) is 40.4 Å². The van der Waals surface area contributed by atoms with Gasteiger partial charge in [0.15, 0.2) is 0 Å². The van der Waals surface area contributed by atoms with Gasteiger partial charge in [-0.1, -0.05) is 24.3 Å². The number of benzene rings is 1. The molecule has 0 aliphatic rings. The fourth-order valence-electron chi connectivity index (χ4n) is 1.72. The molecule has 2 rings (SSSR count). The summed E-state index contributed by atoms with van der Waals surface area (Å²) in [5, 5.41) is 1.11. The SMILES string of the molecule is Cc1ccccc1-c1nc(CCN)c(C)s1. The Hall–Kier alpha value is -1.19. The van der Waals surface area contributed by atoms with Gasteiger partial charge in [-0.25, -0.2) is 4.98 Å². The molecule has 0 spiro atoms. The van der Waals surface area contributed by atoms with E-state index in [0.29, 0.717) is 6.54 Å². The minimum Gasteiger partial charge on any atom is -0.330 e. The van der Waals surface area contributed by atoms with Gasteiger partial charge in [-0.15, -0.1) is 11.3 Å². The molecule has 0 fully saturated rings. The third-order valence-corrected chi connectivity index (χ3v) is 3.70. The van der Waals surface area contributed by atoms with E-state index in [2.05, 4.69) is 43.1 Å². The van der Waals surface area contributed by atoms with E-state index >= 15 is 0 Å². The van der Waals surface area contributed by atoms with Crippen molar-refractivity contribution in [3.8, 4) is 10.6 Å². The molecule has 16 heavy (non-hydrogen) atoms. The minimum atomic E-state index is 0.664. The van der Waals surface area contributed by atoms with E-state index in [1.54, 1.807) is 11.3 Å². The second-order valence-electron chi connectivity index (χ2n) is 3.88. The lowest BCUT2D eigenvalue weighted by atomic mass is 10.1. The lowest BCUT2D eigenvalue weighted by Gasteiger charge is -2.00. The van der Waals surface area contributed by atoms with Crippen molar-refractivity contribution in [2.75, 3.05) is 6.54 Å². The highest BCUT2D eigenvalue weighted by Crippen LogP contribution is 2.29. The summed E-state index contributed by atoms with van der Waals surface area (Å²) in [4.78, 5) is 5.95. The second-order valence-corrected chi connectivity index (χ2v) is 5.08. The van der Waals surface area contributed by atoms with Crippen LogP contribution in [0.4, 0.5) is 0 Å². The van der Waals surface area contributed by atoms with Gasteiger partial charge in [0.2, 0.25) is 0 Å². The van der Waals surface area contributed by atoms with Crippen molar-refractivity contribution >= 4 is 11.3 Å². The maximum Gasteiger partial charge on any atom is 0.124 e. The van der Waals surface area contributed by atoms with E-state index in [9.17, 15) is 0 Å². The van der Waals surface area contributed by atoms with Crippen LogP contribution in [0.3, 0.4) is 0 Å². The van der Waals surface area contributed by atoms with Crippen LogP contribution >= 0.6 is 11.3 Å². The van der Waals surface area contributed by atoms with E-state index < -0.39 is 0 Å². The zero-order valence-corrected chi connectivity index (χ0v) is 10.5. The summed E-state index contributed by atoms with van der Waals surface area (Å²) in [6, 6.07) is 8.36. The summed E-state index contributed by atoms with van der Waals surface area (Å²) >= 11 is 1.75. The van der Waals surface area contributed by atoms with Crippen LogP contribution in [0, 0.1) is 13.8 Å². The number of nitrogens with zero attached hydrogens (tertiary/aromatic N) is 1. The first-order valence-corrected chi connectivity index (χ1v) is 6.26. The Bertz CT molecular complexity index is 488. The lowest BCUT2D eigenvalue weighted by Crippen LogP contribution is -2.03. The molecule has 84 valence electrons. The van der Waals surface area contributed by atoms with E-state index in [4.69, 9.17) is 5.73 Å². The Labute approximate surface area is 100 Å². The summed E-state index contributed by atoms with van der Waals surface area (Å²) in [6.07, 6.45) is 0.869. The molecule has 0 amide bonds. The standard InChI is InChI=1S/C13H16N2S/c1-9-5-3-4-6-11(9)13-15-12(7-8-14)10(2)16-13/h3-6H,7-8,14H2,1-2H3. The Morgan fingerprint density at radius 2 is 2.00 bits per heavy atom. The highest BCUT2D eigenvalue weighted by atomic mass is 32.1. The van der Waals surface area contributed by atoms with Gasteiger partial charge < -0.3 is 5.73 Å². The van der Waals surface area contributed by atoms with Crippen molar-refractivity contribution in [3.63, 3.8) is 0 Å². The first-order chi connectivity index (χ1) is 7.72. The minimum absolute atomic E-state index is 0.664. The fraction of sp³-hybridized carbons (Fsp3) is 0.308. The molecule has 0 bridgehead atoms. The van der Waals surface area contributed by atoms with Crippen molar-refractivity contribution in [2.45, 2.75) is 20.3 Å². The van der Waals surface area contributed by atoms with Gasteiger partial charge in [-0.3, -0.25) is 0 Å². The molecule has 2 aromatic rings. The molecule has 0 aliphatic heterocycles. The molecule has 1 aromatic heterocycles. The molecule has 0 unspecified atom stereocenters. The largest absolute Gasteiger partial charge is 0.330 e. The summed E-state index contributed by atoms with van der Waals surface area (Å²) in [5.74, 6) is 0. The number of rotatable bonds is 3. The van der Waals surface area contributed by atoms with Crippen molar-refractivity contribution in [1.82, 2.24) is 4.98 Å². The molecule has 0 atom stereocenters. The lowest BCUT2D eigenvalue weighted by molar-refractivity contribution is 0.927. The monoisotopic (exact) mass is 232 g/mol. The number of nitrogens with two attached hydrogens (primary N) is 1. The molecule has 3 heteroatoms. The summed E-state index contributed by atoms with van der Waals surface area (Å²) < 4.78 is 0. The van der Waals surface area contributed by atoms with Crippen LogP contribution in [0.5, 0.6) is 0 Å². The molecule has 2 nitrogen and oxygen atoms in total. The quantitative estimate of drug-likeness (QED) is 0.883. The van der Waals surface area contributed by atoms with E-state index in [1.165, 1.54) is 16.0 Å². The van der Waals surface area contributed by atoms with Gasteiger partial charge in [0, 0.05) is 16.9 Å². The third-order valence-electron chi connectivity index (χ3n) is 2.65. The Kier molecular flexibility index (Phi) is 3.36. The van der Waals surface area contributed by atoms with Crippen molar-refractivity contribution in [2.24, 2.45) is 5.73 Å².